The van der Waals surface area contributed by atoms with Crippen LogP contribution in [0.2, 0.25) is 0 Å². The van der Waals surface area contributed by atoms with Gasteiger partial charge in [0.2, 0.25) is 0 Å². The minimum Gasteiger partial charge on any atom is -0.507 e. The van der Waals surface area contributed by atoms with Gasteiger partial charge >= 0.3 is 0 Å². The number of rotatable bonds is 21. The first kappa shape index (κ1) is 82.9. The van der Waals surface area contributed by atoms with E-state index in [1.54, 1.807) is 69.1 Å². The number of ether oxygens (including phenoxy) is 5. The van der Waals surface area contributed by atoms with Crippen molar-refractivity contribution in [1.82, 2.24) is 0 Å². The van der Waals surface area contributed by atoms with Crippen molar-refractivity contribution >= 4 is 51.1 Å². The number of hydrogen-bond donors (Lipinski definition) is 4. The zero-order valence-corrected chi connectivity index (χ0v) is 72.2. The van der Waals surface area contributed by atoms with Crippen molar-refractivity contribution in [2.45, 2.75) is 194 Å². The molecule has 0 bridgehead atoms. The maximum atomic E-state index is 11.4. The van der Waals surface area contributed by atoms with E-state index in [-0.39, 0.29) is 30.7 Å². The molecule has 11 heteroatoms. The third-order valence-corrected chi connectivity index (χ3v) is 30.3. The Kier molecular flexibility index (Phi) is 24.1. The summed E-state index contributed by atoms with van der Waals surface area (Å²) in [4.78, 5) is 4.72. The predicted octanol–water partition coefficient (Wildman–Crippen LogP) is 25.8. The summed E-state index contributed by atoms with van der Waals surface area (Å²) in [5, 5.41) is 44.8. The number of aliphatic hydroxyl groups is 3. The number of fused-ring (bicyclic) bond motifs is 17. The van der Waals surface area contributed by atoms with Gasteiger partial charge in [-0.2, -0.15) is 0 Å². The number of hydrogen-bond acceptors (Lipinski definition) is 11. The van der Waals surface area contributed by atoms with Gasteiger partial charge in [0.1, 0.15) is 41.1 Å². The number of phenolic OH excluding ortho intramolecular Hbond substituents is 1. The minimum absolute atomic E-state index is 0.0225. The van der Waals surface area contributed by atoms with E-state index in [2.05, 4.69) is 219 Å². The van der Waals surface area contributed by atoms with E-state index >= 15 is 0 Å². The van der Waals surface area contributed by atoms with E-state index in [1.807, 2.05) is 49.4 Å². The lowest BCUT2D eigenvalue weighted by molar-refractivity contribution is 0.132. The van der Waals surface area contributed by atoms with Gasteiger partial charge in [-0.05, 0) is 253 Å². The third kappa shape index (κ3) is 14.9. The highest BCUT2D eigenvalue weighted by Gasteiger charge is 2.53. The summed E-state index contributed by atoms with van der Waals surface area (Å²) in [6.45, 7) is 20.6. The van der Waals surface area contributed by atoms with Crippen LogP contribution in [0.15, 0.2) is 238 Å². The number of benzene rings is 12. The molecule has 0 saturated heterocycles. The van der Waals surface area contributed by atoms with Crippen LogP contribution in [-0.2, 0) is 28.5 Å². The second kappa shape index (κ2) is 34.3. The molecule has 2 fully saturated rings. The van der Waals surface area contributed by atoms with Gasteiger partial charge in [-0.25, -0.2) is 0 Å². The molecule has 2 saturated carbocycles. The minimum atomic E-state index is -1.47. The van der Waals surface area contributed by atoms with Crippen LogP contribution in [0.3, 0.4) is 0 Å². The summed E-state index contributed by atoms with van der Waals surface area (Å²) >= 11 is 3.57. The largest absolute Gasteiger partial charge is 0.507 e. The molecule has 1 aliphatic heterocycles. The molecule has 0 amide bonds. The number of aromatic hydroxyl groups is 1. The van der Waals surface area contributed by atoms with Crippen molar-refractivity contribution in [3.05, 3.63) is 302 Å². The van der Waals surface area contributed by atoms with Gasteiger partial charge in [0, 0.05) is 65.8 Å². The molecule has 9 nitrogen and oxygen atoms in total. The Labute approximate surface area is 707 Å². The molecule has 4 aliphatic carbocycles. The Morgan fingerprint density at radius 1 is 0.483 bits per heavy atom. The van der Waals surface area contributed by atoms with Crippen molar-refractivity contribution in [2.75, 3.05) is 41.2 Å². The van der Waals surface area contributed by atoms with Crippen LogP contribution in [0.25, 0.3) is 49.9 Å². The van der Waals surface area contributed by atoms with Crippen molar-refractivity contribution in [2.24, 2.45) is 10.8 Å². The summed E-state index contributed by atoms with van der Waals surface area (Å²) in [5.74, 6) is 6.79. The van der Waals surface area contributed by atoms with E-state index < -0.39 is 11.2 Å². The molecule has 0 aromatic heterocycles. The molecular weight excluding hydrogens is 1490 g/mol. The smallest absolute Gasteiger partial charge is 0.178 e. The summed E-state index contributed by atoms with van der Waals surface area (Å²) in [5.41, 5.74) is 21.1. The van der Waals surface area contributed by atoms with E-state index in [0.717, 1.165) is 104 Å². The molecule has 5 aliphatic rings. The zero-order valence-electron chi connectivity index (χ0n) is 70.6. The number of aryl methyl sites for hydroxylation is 6. The highest BCUT2D eigenvalue weighted by atomic mass is 32.2. The fourth-order valence-corrected chi connectivity index (χ4v) is 22.3. The topological polar surface area (TPSA) is 127 Å². The lowest BCUT2D eigenvalue weighted by Gasteiger charge is -2.47. The molecule has 606 valence electrons. The van der Waals surface area contributed by atoms with Crippen LogP contribution < -0.4 is 23.7 Å². The summed E-state index contributed by atoms with van der Waals surface area (Å²) in [7, 11) is 5.22. The number of terminal acetylenes is 1. The summed E-state index contributed by atoms with van der Waals surface area (Å²) in [6, 6.07) is 73.8. The Bertz CT molecular complexity index is 5710. The maximum Gasteiger partial charge on any atom is 0.178 e. The molecule has 0 radical (unpaired) electrons. The Morgan fingerprint density at radius 2 is 0.958 bits per heavy atom. The Balaban J connectivity index is 0.000000157. The van der Waals surface area contributed by atoms with Crippen LogP contribution in [-0.4, -0.2) is 61.6 Å². The molecule has 12 aromatic carbocycles. The Hall–Kier alpha value is -10.2. The molecule has 2 spiro atoms. The lowest BCUT2D eigenvalue weighted by Crippen LogP contribution is -2.38. The fourth-order valence-electron chi connectivity index (χ4n) is 20.1. The van der Waals surface area contributed by atoms with Gasteiger partial charge in [0.25, 0.3) is 0 Å². The SMILES string of the molecule is C#CC(O)(c1ccc(C)cc1)c1ccc(OCCO)cc1.CCC1(CC)CCC2(CC1)c1ccccc1-c1c2c2c(c3cc(OC)c(Sc4c(C)cccc4C)cc13)OC(c1ccc(CCCO)cc1)(c1ccc(OC)cc1)C=C2.CCC1(CC)CCC2(CC1)c1ccccc1-c1c2cc(O)c2cc(OC)c(Sc3c(C)cccc3C)cc12. The van der Waals surface area contributed by atoms with E-state index in [0.29, 0.717) is 33.5 Å². The van der Waals surface area contributed by atoms with Gasteiger partial charge in [-0.1, -0.05) is 252 Å². The zero-order chi connectivity index (χ0) is 82.9. The van der Waals surface area contributed by atoms with Crippen molar-refractivity contribution in [3.63, 3.8) is 0 Å². The molecule has 2 atom stereocenters. The molecule has 118 heavy (non-hydrogen) atoms. The van der Waals surface area contributed by atoms with E-state index in [9.17, 15) is 15.3 Å². The van der Waals surface area contributed by atoms with Crippen LogP contribution in [0.4, 0.5) is 0 Å². The second-order valence-electron chi connectivity index (χ2n) is 33.5. The first-order valence-electron chi connectivity index (χ1n) is 42.3. The standard InChI is InChI=1S/C54H56O4S.C35H38O2S.C18H18O3/c1-7-52(8-2)28-30-53(31-29-52)45-17-10-9-16-41(45)48-43-34-47(59-51-35(3)13-11-14-36(51)4)46(57-6)33-44(43)50-42(49(48)53)26-27-54(58-50,39-22-24-40(56-5)25-23-39)38-20-18-37(19-21-38)15-12-32-55;1-6-34(7-2)15-17-35(18-16-34)27-14-9-8-13-24(27)32-26-20-31(38-33-22(3)11-10-12-23(33)4)30(37-5)19-25(26)29(36)21-28(32)35;1-3-18(20,15-6-4-14(2)5-7-15)16-8-10-17(11-9-16)21-13-12-19/h9-11,13-14,16-27,33-34,55H,7-8,12,15,28-32H2,1-6H3;8-14,19-21,36H,6-7,15-18H2,1-5H3;1,4-11,19-20H,12-13H2,2H3. The molecule has 12 aromatic rings. The predicted molar refractivity (Wildman–Crippen MR) is 485 cm³/mol. The van der Waals surface area contributed by atoms with Gasteiger partial charge in [0.15, 0.2) is 11.2 Å². The van der Waals surface area contributed by atoms with Crippen LogP contribution >= 0.6 is 23.5 Å². The van der Waals surface area contributed by atoms with Crippen molar-refractivity contribution in [3.8, 4) is 69.1 Å². The van der Waals surface area contributed by atoms with Crippen LogP contribution in [0, 0.1) is 57.8 Å². The highest BCUT2D eigenvalue weighted by Crippen LogP contribution is 2.67. The molecule has 1 heterocycles. The molecule has 4 N–H and O–H groups in total. The molecule has 17 rings (SSSR count). The Morgan fingerprint density at radius 3 is 1.46 bits per heavy atom. The van der Waals surface area contributed by atoms with Crippen molar-refractivity contribution in [1.29, 1.82) is 0 Å². The number of aliphatic hydroxyl groups excluding tert-OH is 2. The first-order valence-corrected chi connectivity index (χ1v) is 44.0. The van der Waals surface area contributed by atoms with Crippen molar-refractivity contribution < 1.29 is 44.1 Å². The highest BCUT2D eigenvalue weighted by molar-refractivity contribution is 7.99. The monoisotopic (exact) mass is 1600 g/mol. The third-order valence-electron chi connectivity index (χ3n) is 27.6. The van der Waals surface area contributed by atoms with E-state index in [1.165, 1.54) is 144 Å². The van der Waals surface area contributed by atoms with Crippen LogP contribution in [0.1, 0.15) is 195 Å². The molecular formula is C107H112O9S2. The number of phenols is 1. The van der Waals surface area contributed by atoms with Gasteiger partial charge < -0.3 is 44.1 Å². The average Bonchev–Trinajstić information content (AvgIpc) is 1.50. The summed E-state index contributed by atoms with van der Waals surface area (Å²) in [6.07, 6.45) is 26.1. The van der Waals surface area contributed by atoms with Gasteiger partial charge in [-0.15, -0.1) is 6.42 Å². The average molecular weight is 1610 g/mol. The quantitative estimate of drug-likeness (QED) is 0.0514. The normalized spacial score (nSPS) is 17.0. The van der Waals surface area contributed by atoms with E-state index in [4.69, 9.17) is 35.2 Å². The maximum absolute atomic E-state index is 11.4. The lowest BCUT2D eigenvalue weighted by atomic mass is 9.58. The molecule has 2 unspecified atom stereocenters. The second-order valence-corrected chi connectivity index (χ2v) is 35.6. The van der Waals surface area contributed by atoms with Gasteiger partial charge in [0.05, 0.1) is 37.7 Å². The first-order chi connectivity index (χ1) is 57.2. The van der Waals surface area contributed by atoms with Crippen LogP contribution in [0.5, 0.6) is 34.5 Å². The number of methoxy groups -OCH3 is 3. The fraction of sp³-hybridized carbons (Fsp3) is 0.327. The summed E-state index contributed by atoms with van der Waals surface area (Å²) < 4.78 is 30.9. The van der Waals surface area contributed by atoms with Gasteiger partial charge in [-0.3, -0.25) is 0 Å².